The number of pyridine rings is 1. The minimum atomic E-state index is -0.257. The van der Waals surface area contributed by atoms with Gasteiger partial charge in [0.1, 0.15) is 11.5 Å². The van der Waals surface area contributed by atoms with E-state index in [-0.39, 0.29) is 5.91 Å². The van der Waals surface area contributed by atoms with E-state index in [0.29, 0.717) is 5.56 Å². The van der Waals surface area contributed by atoms with E-state index in [1.807, 2.05) is 6.92 Å². The van der Waals surface area contributed by atoms with Crippen LogP contribution < -0.4 is 4.80 Å². The second-order valence-electron chi connectivity index (χ2n) is 5.75. The number of carbonyl (C=O) groups is 1. The Balaban J connectivity index is 1.86. The van der Waals surface area contributed by atoms with Crippen LogP contribution in [0, 0.1) is 6.92 Å². The molecule has 0 unspecified atom stereocenters. The van der Waals surface area contributed by atoms with Gasteiger partial charge in [0.25, 0.3) is 5.91 Å². The molecule has 3 heterocycles. The molecular weight excluding hydrogens is 322 g/mol. The first-order valence-corrected chi connectivity index (χ1v) is 8.80. The Bertz CT molecular complexity index is 980. The van der Waals surface area contributed by atoms with E-state index in [4.69, 9.17) is 4.42 Å². The lowest BCUT2D eigenvalue weighted by Gasteiger charge is -2.13. The maximum absolute atomic E-state index is 12.4. The van der Waals surface area contributed by atoms with Crippen molar-refractivity contribution in [3.8, 4) is 11.3 Å². The van der Waals surface area contributed by atoms with E-state index in [9.17, 15) is 4.79 Å². The molecule has 0 atom stereocenters. The van der Waals surface area contributed by atoms with Crippen LogP contribution in [0.15, 0.2) is 40.0 Å². The third-order valence-corrected chi connectivity index (χ3v) is 5.31. The number of carbonyl (C=O) groups excluding carboxylic acids is 1. The van der Waals surface area contributed by atoms with Crippen LogP contribution in [0.4, 0.5) is 0 Å². The van der Waals surface area contributed by atoms with Gasteiger partial charge in [-0.1, -0.05) is 0 Å². The standard InChI is InChI=1S/C18H17N3O2S/c1-3-21-16-13-9-11(2)23-14(13)6-7-15(16)24-18(21)20-17(22)12-5-4-8-19-10-12/h4-5,8-10H,3,6-7H2,1-2H3. The molecule has 4 rings (SSSR count). The van der Waals surface area contributed by atoms with Crippen molar-refractivity contribution in [2.24, 2.45) is 4.99 Å². The van der Waals surface area contributed by atoms with Gasteiger partial charge in [0, 0.05) is 35.8 Å². The van der Waals surface area contributed by atoms with Gasteiger partial charge in [-0.25, -0.2) is 0 Å². The second-order valence-corrected chi connectivity index (χ2v) is 6.82. The van der Waals surface area contributed by atoms with Gasteiger partial charge >= 0.3 is 0 Å². The fraction of sp³-hybridized carbons (Fsp3) is 0.278. The second kappa shape index (κ2) is 5.87. The zero-order chi connectivity index (χ0) is 16.7. The molecule has 0 saturated carbocycles. The van der Waals surface area contributed by atoms with Crippen molar-refractivity contribution in [2.45, 2.75) is 33.2 Å². The number of amides is 1. The number of thiazole rings is 1. The Hall–Kier alpha value is -2.47. The van der Waals surface area contributed by atoms with Gasteiger partial charge in [-0.2, -0.15) is 4.99 Å². The van der Waals surface area contributed by atoms with Crippen molar-refractivity contribution >= 4 is 17.2 Å². The van der Waals surface area contributed by atoms with Gasteiger partial charge in [-0.3, -0.25) is 9.78 Å². The van der Waals surface area contributed by atoms with Crippen molar-refractivity contribution < 1.29 is 9.21 Å². The summed E-state index contributed by atoms with van der Waals surface area (Å²) in [7, 11) is 0. The molecule has 0 saturated heterocycles. The maximum atomic E-state index is 12.4. The molecule has 3 aromatic heterocycles. The summed E-state index contributed by atoms with van der Waals surface area (Å²) >= 11 is 1.60. The van der Waals surface area contributed by atoms with Crippen LogP contribution in [0.5, 0.6) is 0 Å². The first-order valence-electron chi connectivity index (χ1n) is 7.98. The van der Waals surface area contributed by atoms with E-state index >= 15 is 0 Å². The molecule has 1 amide bonds. The number of aromatic nitrogens is 2. The third-order valence-electron chi connectivity index (χ3n) is 4.17. The summed E-state index contributed by atoms with van der Waals surface area (Å²) in [6.45, 7) is 4.80. The minimum Gasteiger partial charge on any atom is -0.466 e. The average molecular weight is 339 g/mol. The first-order chi connectivity index (χ1) is 11.7. The minimum absolute atomic E-state index is 0.257. The van der Waals surface area contributed by atoms with Crippen molar-refractivity contribution in [2.75, 3.05) is 0 Å². The van der Waals surface area contributed by atoms with Crippen LogP contribution in [0.2, 0.25) is 0 Å². The lowest BCUT2D eigenvalue weighted by molar-refractivity contribution is 0.0997. The molecule has 1 aliphatic rings. The maximum Gasteiger partial charge on any atom is 0.281 e. The number of aryl methyl sites for hydroxylation is 3. The number of hydrogen-bond donors (Lipinski definition) is 0. The number of furan rings is 1. The first kappa shape index (κ1) is 15.1. The Morgan fingerprint density at radius 1 is 1.46 bits per heavy atom. The molecule has 5 nitrogen and oxygen atoms in total. The predicted octanol–water partition coefficient (Wildman–Crippen LogP) is 3.37. The zero-order valence-electron chi connectivity index (χ0n) is 13.6. The molecule has 0 radical (unpaired) electrons. The Kier molecular flexibility index (Phi) is 3.69. The van der Waals surface area contributed by atoms with Crippen LogP contribution in [-0.2, 0) is 19.4 Å². The van der Waals surface area contributed by atoms with E-state index < -0.39 is 0 Å². The summed E-state index contributed by atoms with van der Waals surface area (Å²) in [4.78, 5) is 22.8. The lowest BCUT2D eigenvalue weighted by Crippen LogP contribution is -2.17. The van der Waals surface area contributed by atoms with E-state index in [1.165, 1.54) is 4.88 Å². The number of fused-ring (bicyclic) bond motifs is 3. The summed E-state index contributed by atoms with van der Waals surface area (Å²) in [5.74, 6) is 1.70. The summed E-state index contributed by atoms with van der Waals surface area (Å²) in [6.07, 6.45) is 5.02. The lowest BCUT2D eigenvalue weighted by atomic mass is 10.0. The molecule has 24 heavy (non-hydrogen) atoms. The van der Waals surface area contributed by atoms with Crippen LogP contribution in [0.3, 0.4) is 0 Å². The summed E-state index contributed by atoms with van der Waals surface area (Å²) in [6, 6.07) is 5.57. The monoisotopic (exact) mass is 339 g/mol. The largest absolute Gasteiger partial charge is 0.466 e. The van der Waals surface area contributed by atoms with Gasteiger partial charge in [-0.05, 0) is 38.5 Å². The van der Waals surface area contributed by atoms with Crippen molar-refractivity contribution in [3.05, 3.63) is 57.4 Å². The third kappa shape index (κ3) is 2.43. The van der Waals surface area contributed by atoms with Crippen LogP contribution in [-0.4, -0.2) is 15.5 Å². The highest BCUT2D eigenvalue weighted by Gasteiger charge is 2.25. The highest BCUT2D eigenvalue weighted by Crippen LogP contribution is 2.36. The summed E-state index contributed by atoms with van der Waals surface area (Å²) < 4.78 is 7.92. The van der Waals surface area contributed by atoms with Gasteiger partial charge in [-0.15, -0.1) is 11.3 Å². The summed E-state index contributed by atoms with van der Waals surface area (Å²) in [5, 5.41) is 0. The predicted molar refractivity (Wildman–Crippen MR) is 92.0 cm³/mol. The summed E-state index contributed by atoms with van der Waals surface area (Å²) in [5.41, 5.74) is 2.80. The van der Waals surface area contributed by atoms with Crippen molar-refractivity contribution in [3.63, 3.8) is 0 Å². The Morgan fingerprint density at radius 2 is 2.33 bits per heavy atom. The van der Waals surface area contributed by atoms with Gasteiger partial charge in [0.15, 0.2) is 4.80 Å². The van der Waals surface area contributed by atoms with Crippen LogP contribution in [0.1, 0.15) is 33.7 Å². The average Bonchev–Trinajstić information content (AvgIpc) is 3.14. The Labute approximate surface area is 143 Å². The molecule has 0 fully saturated rings. The van der Waals surface area contributed by atoms with Crippen LogP contribution in [0.25, 0.3) is 11.3 Å². The fourth-order valence-electron chi connectivity index (χ4n) is 3.12. The topological polar surface area (TPSA) is 60.4 Å². The van der Waals surface area contributed by atoms with Crippen LogP contribution >= 0.6 is 11.3 Å². The highest BCUT2D eigenvalue weighted by molar-refractivity contribution is 7.09. The highest BCUT2D eigenvalue weighted by atomic mass is 32.1. The van der Waals surface area contributed by atoms with Gasteiger partial charge in [0.2, 0.25) is 0 Å². The number of rotatable bonds is 2. The van der Waals surface area contributed by atoms with Gasteiger partial charge < -0.3 is 8.98 Å². The molecule has 3 aromatic rings. The number of hydrogen-bond acceptors (Lipinski definition) is 4. The molecule has 1 aliphatic carbocycles. The normalized spacial score (nSPS) is 13.7. The number of nitrogens with zero attached hydrogens (tertiary/aromatic N) is 3. The fourth-order valence-corrected chi connectivity index (χ4v) is 4.32. The molecule has 122 valence electrons. The molecule has 0 bridgehead atoms. The molecular formula is C18H17N3O2S. The van der Waals surface area contributed by atoms with Crippen molar-refractivity contribution in [1.82, 2.24) is 9.55 Å². The smallest absolute Gasteiger partial charge is 0.281 e. The molecule has 0 aromatic carbocycles. The molecule has 0 spiro atoms. The molecule has 0 aliphatic heterocycles. The SMILES string of the molecule is CCn1c2c(sc1=NC(=O)c1cccnc1)CCc1oc(C)cc1-2. The molecule has 6 heteroatoms. The van der Waals surface area contributed by atoms with E-state index in [0.717, 1.165) is 47.0 Å². The van der Waals surface area contributed by atoms with E-state index in [1.54, 1.807) is 35.9 Å². The quantitative estimate of drug-likeness (QED) is 0.719. The molecule has 0 N–H and O–H groups in total. The van der Waals surface area contributed by atoms with Crippen molar-refractivity contribution in [1.29, 1.82) is 0 Å². The van der Waals surface area contributed by atoms with Gasteiger partial charge in [0.05, 0.1) is 11.3 Å². The Morgan fingerprint density at radius 3 is 3.08 bits per heavy atom. The zero-order valence-corrected chi connectivity index (χ0v) is 14.4. The van der Waals surface area contributed by atoms with E-state index in [2.05, 4.69) is 27.5 Å².